The summed E-state index contributed by atoms with van der Waals surface area (Å²) in [6, 6.07) is 11.8. The normalized spacial score (nSPS) is 19.1. The van der Waals surface area contributed by atoms with Crippen molar-refractivity contribution < 1.29 is 14.3 Å². The molecule has 0 saturated heterocycles. The number of nitrogens with one attached hydrogen (secondary N) is 1. The molecule has 1 atom stereocenters. The van der Waals surface area contributed by atoms with E-state index in [1.54, 1.807) is 0 Å². The van der Waals surface area contributed by atoms with Crippen LogP contribution in [0.3, 0.4) is 0 Å². The van der Waals surface area contributed by atoms with Gasteiger partial charge in [-0.05, 0) is 23.3 Å². The summed E-state index contributed by atoms with van der Waals surface area (Å²) in [5.74, 6) is 1.45. The predicted octanol–water partition coefficient (Wildman–Crippen LogP) is 3.65. The number of benzene rings is 2. The Labute approximate surface area is 130 Å². The van der Waals surface area contributed by atoms with E-state index in [2.05, 4.69) is 21.2 Å². The molecule has 0 saturated carbocycles. The first-order valence-electron chi connectivity index (χ1n) is 6.70. The van der Waals surface area contributed by atoms with E-state index < -0.39 is 0 Å². The van der Waals surface area contributed by atoms with E-state index in [9.17, 15) is 4.79 Å². The Bertz CT molecular complexity index is 744. The topological polar surface area (TPSA) is 47.6 Å². The highest BCUT2D eigenvalue weighted by Gasteiger charge is 2.30. The average molecular weight is 346 g/mol. The molecule has 1 amide bonds. The van der Waals surface area contributed by atoms with E-state index in [1.165, 1.54) is 0 Å². The maximum absolute atomic E-state index is 12.0. The number of halogens is 1. The van der Waals surface area contributed by atoms with Crippen LogP contribution in [-0.2, 0) is 4.79 Å². The van der Waals surface area contributed by atoms with Gasteiger partial charge in [0.2, 0.25) is 12.7 Å². The minimum absolute atomic E-state index is 0.0128. The summed E-state index contributed by atoms with van der Waals surface area (Å²) in [6.07, 6.45) is 0.426. The van der Waals surface area contributed by atoms with Gasteiger partial charge >= 0.3 is 0 Å². The molecule has 2 aliphatic rings. The SMILES string of the molecule is O=C1CC(c2ccccc2Br)c2cc3c(cc2N1)OCO3. The van der Waals surface area contributed by atoms with Crippen LogP contribution in [0.25, 0.3) is 0 Å². The molecule has 0 bridgehead atoms. The third-order valence-corrected chi connectivity index (χ3v) is 4.59. The fraction of sp³-hybridized carbons (Fsp3) is 0.188. The summed E-state index contributed by atoms with van der Waals surface area (Å²) < 4.78 is 11.8. The van der Waals surface area contributed by atoms with Gasteiger partial charge in [0.1, 0.15) is 0 Å². The quantitative estimate of drug-likeness (QED) is 0.857. The number of rotatable bonds is 1. The number of hydrogen-bond acceptors (Lipinski definition) is 3. The van der Waals surface area contributed by atoms with Crippen LogP contribution in [0.4, 0.5) is 5.69 Å². The Morgan fingerprint density at radius 1 is 1.10 bits per heavy atom. The van der Waals surface area contributed by atoms with Crippen LogP contribution >= 0.6 is 15.9 Å². The van der Waals surface area contributed by atoms with E-state index in [-0.39, 0.29) is 18.6 Å². The maximum Gasteiger partial charge on any atom is 0.231 e. The number of ether oxygens (including phenoxy) is 2. The summed E-state index contributed by atoms with van der Waals surface area (Å²) in [6.45, 7) is 0.228. The zero-order chi connectivity index (χ0) is 14.4. The zero-order valence-corrected chi connectivity index (χ0v) is 12.6. The highest BCUT2D eigenvalue weighted by atomic mass is 79.9. The molecule has 5 heteroatoms. The monoisotopic (exact) mass is 345 g/mol. The number of amides is 1. The summed E-state index contributed by atoms with van der Waals surface area (Å²) in [4.78, 5) is 12.0. The first kappa shape index (κ1) is 12.7. The standard InChI is InChI=1S/C16H12BrNO3/c17-12-4-2-1-3-9(12)10-6-16(19)18-13-7-15-14(5-11(10)13)20-8-21-15/h1-5,7,10H,6,8H2,(H,18,19). The molecule has 21 heavy (non-hydrogen) atoms. The molecule has 0 spiro atoms. The molecule has 1 unspecified atom stereocenters. The van der Waals surface area contributed by atoms with E-state index in [4.69, 9.17) is 9.47 Å². The average Bonchev–Trinajstić information content (AvgIpc) is 2.92. The lowest BCUT2D eigenvalue weighted by molar-refractivity contribution is -0.116. The molecule has 2 aromatic rings. The van der Waals surface area contributed by atoms with Crippen molar-refractivity contribution >= 4 is 27.5 Å². The molecule has 2 heterocycles. The van der Waals surface area contributed by atoms with Crippen LogP contribution < -0.4 is 14.8 Å². The maximum atomic E-state index is 12.0. The van der Waals surface area contributed by atoms with Crippen LogP contribution in [0.2, 0.25) is 0 Å². The second-order valence-corrected chi connectivity index (χ2v) is 5.97. The first-order chi connectivity index (χ1) is 10.2. The lowest BCUT2D eigenvalue weighted by atomic mass is 9.84. The Morgan fingerprint density at radius 2 is 1.86 bits per heavy atom. The molecular weight excluding hydrogens is 334 g/mol. The molecule has 0 aromatic heterocycles. The van der Waals surface area contributed by atoms with Gasteiger partial charge in [0.25, 0.3) is 0 Å². The first-order valence-corrected chi connectivity index (χ1v) is 7.49. The minimum Gasteiger partial charge on any atom is -0.454 e. The van der Waals surface area contributed by atoms with E-state index >= 15 is 0 Å². The highest BCUT2D eigenvalue weighted by molar-refractivity contribution is 9.10. The Kier molecular flexibility index (Phi) is 2.89. The van der Waals surface area contributed by atoms with Crippen LogP contribution in [-0.4, -0.2) is 12.7 Å². The van der Waals surface area contributed by atoms with Crippen LogP contribution in [0, 0.1) is 0 Å². The molecule has 0 radical (unpaired) electrons. The summed E-state index contributed by atoms with van der Waals surface area (Å²) in [5, 5.41) is 2.92. The third kappa shape index (κ3) is 2.08. The number of hydrogen-bond donors (Lipinski definition) is 1. The van der Waals surface area contributed by atoms with Gasteiger partial charge < -0.3 is 14.8 Å². The zero-order valence-electron chi connectivity index (χ0n) is 11.1. The number of carbonyl (C=O) groups is 1. The van der Waals surface area contributed by atoms with Crippen molar-refractivity contribution in [2.45, 2.75) is 12.3 Å². The lowest BCUT2D eigenvalue weighted by Crippen LogP contribution is -2.23. The third-order valence-electron chi connectivity index (χ3n) is 3.86. The van der Waals surface area contributed by atoms with Crippen LogP contribution in [0.15, 0.2) is 40.9 Å². The van der Waals surface area contributed by atoms with E-state index in [0.717, 1.165) is 27.0 Å². The van der Waals surface area contributed by atoms with Crippen molar-refractivity contribution in [3.05, 3.63) is 52.0 Å². The largest absolute Gasteiger partial charge is 0.454 e. The van der Waals surface area contributed by atoms with Gasteiger partial charge in [0, 0.05) is 28.6 Å². The van der Waals surface area contributed by atoms with Crippen molar-refractivity contribution in [1.29, 1.82) is 0 Å². The van der Waals surface area contributed by atoms with Crippen molar-refractivity contribution in [2.24, 2.45) is 0 Å². The summed E-state index contributed by atoms with van der Waals surface area (Å²) >= 11 is 3.58. The van der Waals surface area contributed by atoms with Gasteiger partial charge in [-0.3, -0.25) is 4.79 Å². The second kappa shape index (κ2) is 4.77. The van der Waals surface area contributed by atoms with Gasteiger partial charge in [-0.15, -0.1) is 0 Å². The molecule has 0 aliphatic carbocycles. The fourth-order valence-electron chi connectivity index (χ4n) is 2.89. The lowest BCUT2D eigenvalue weighted by Gasteiger charge is -2.27. The molecule has 4 rings (SSSR count). The molecule has 106 valence electrons. The van der Waals surface area contributed by atoms with Crippen molar-refractivity contribution in [3.8, 4) is 11.5 Å². The van der Waals surface area contributed by atoms with Gasteiger partial charge in [0.05, 0.1) is 0 Å². The highest BCUT2D eigenvalue weighted by Crippen LogP contribution is 2.45. The van der Waals surface area contributed by atoms with Gasteiger partial charge in [-0.1, -0.05) is 34.1 Å². The molecular formula is C16H12BrNO3. The molecule has 4 nitrogen and oxygen atoms in total. The Hall–Kier alpha value is -2.01. The van der Waals surface area contributed by atoms with Crippen LogP contribution in [0.5, 0.6) is 11.5 Å². The van der Waals surface area contributed by atoms with Crippen molar-refractivity contribution in [3.63, 3.8) is 0 Å². The number of anilines is 1. The van der Waals surface area contributed by atoms with Crippen molar-refractivity contribution in [2.75, 3.05) is 12.1 Å². The molecule has 0 fully saturated rings. The fourth-order valence-corrected chi connectivity index (χ4v) is 3.45. The van der Waals surface area contributed by atoms with Crippen molar-refractivity contribution in [1.82, 2.24) is 0 Å². The summed E-state index contributed by atoms with van der Waals surface area (Å²) in [7, 11) is 0. The Morgan fingerprint density at radius 3 is 2.67 bits per heavy atom. The molecule has 2 aromatic carbocycles. The smallest absolute Gasteiger partial charge is 0.231 e. The Balaban J connectivity index is 1.88. The predicted molar refractivity (Wildman–Crippen MR) is 81.8 cm³/mol. The second-order valence-electron chi connectivity index (χ2n) is 5.12. The molecule has 2 aliphatic heterocycles. The van der Waals surface area contributed by atoms with E-state index in [1.807, 2.05) is 36.4 Å². The number of carbonyl (C=O) groups excluding carboxylic acids is 1. The number of fused-ring (bicyclic) bond motifs is 2. The summed E-state index contributed by atoms with van der Waals surface area (Å²) in [5.41, 5.74) is 2.97. The van der Waals surface area contributed by atoms with Gasteiger partial charge in [0.15, 0.2) is 11.5 Å². The van der Waals surface area contributed by atoms with Gasteiger partial charge in [-0.2, -0.15) is 0 Å². The van der Waals surface area contributed by atoms with Crippen LogP contribution in [0.1, 0.15) is 23.5 Å². The minimum atomic E-state index is 0.0128. The molecule has 1 N–H and O–H groups in total. The van der Waals surface area contributed by atoms with Gasteiger partial charge in [-0.25, -0.2) is 0 Å². The van der Waals surface area contributed by atoms with E-state index in [0.29, 0.717) is 12.2 Å².